The lowest BCUT2D eigenvalue weighted by atomic mass is 9.72. The average Bonchev–Trinajstić information content (AvgIpc) is 3.41. The molecule has 0 radical (unpaired) electrons. The van der Waals surface area contributed by atoms with Crippen molar-refractivity contribution in [3.8, 4) is 6.07 Å². The molecule has 7 nitrogen and oxygen atoms in total. The van der Waals surface area contributed by atoms with E-state index in [1.54, 1.807) is 66.7 Å². The molecule has 3 amide bonds. The van der Waals surface area contributed by atoms with E-state index in [4.69, 9.17) is 23.2 Å². The Kier molecular flexibility index (Phi) is 11.3. The van der Waals surface area contributed by atoms with Crippen molar-refractivity contribution >= 4 is 80.8 Å². The van der Waals surface area contributed by atoms with Gasteiger partial charge >= 0.3 is 0 Å². The van der Waals surface area contributed by atoms with Crippen molar-refractivity contribution in [2.45, 2.75) is 44.9 Å². The Morgan fingerprint density at radius 2 is 1.71 bits per heavy atom. The van der Waals surface area contributed by atoms with Crippen molar-refractivity contribution in [3.05, 3.63) is 116 Å². The number of fused-ring (bicyclic) bond motifs is 1. The zero-order valence-electron chi connectivity index (χ0n) is 26.7. The van der Waals surface area contributed by atoms with Crippen molar-refractivity contribution in [1.82, 2.24) is 5.32 Å². The Morgan fingerprint density at radius 1 is 1.00 bits per heavy atom. The first kappa shape index (κ1) is 35.2. The standard InChI is InChI=1S/C37H34Cl2N4O3S2/c1-37(2,3)23-15-16-26-28(20-40)36(48-32(26)17-23)43-33(44)21-47-25-12-7-11-24(18-25)41-35(46)31(19-27-29(38)13-8-14-30(27)39)42-34(45)22-9-5-4-6-10-22/h4-14,18-19,23H,15-17,21H2,1-3H3,(H,41,46)(H,42,45)(H,43,44)/b31-19+. The topological polar surface area (TPSA) is 111 Å². The third-order valence-electron chi connectivity index (χ3n) is 8.13. The van der Waals surface area contributed by atoms with E-state index in [9.17, 15) is 19.6 Å². The van der Waals surface area contributed by atoms with E-state index in [1.807, 2.05) is 6.07 Å². The van der Waals surface area contributed by atoms with Crippen LogP contribution in [0.2, 0.25) is 10.0 Å². The second-order valence-corrected chi connectivity index (χ2v) is 15.4. The fraction of sp³-hybridized carbons (Fsp3) is 0.243. The molecule has 11 heteroatoms. The number of hydrogen-bond donors (Lipinski definition) is 3. The first-order chi connectivity index (χ1) is 22.9. The first-order valence-electron chi connectivity index (χ1n) is 15.3. The maximum Gasteiger partial charge on any atom is 0.272 e. The summed E-state index contributed by atoms with van der Waals surface area (Å²) in [4.78, 5) is 41.5. The summed E-state index contributed by atoms with van der Waals surface area (Å²) in [6.07, 6.45) is 4.23. The molecule has 1 aliphatic rings. The van der Waals surface area contributed by atoms with Gasteiger partial charge in [0, 0.05) is 36.6 Å². The van der Waals surface area contributed by atoms with E-state index in [1.165, 1.54) is 34.1 Å². The number of thiophene rings is 1. The largest absolute Gasteiger partial charge is 0.321 e. The highest BCUT2D eigenvalue weighted by Gasteiger charge is 2.32. The summed E-state index contributed by atoms with van der Waals surface area (Å²) in [5.74, 6) is -0.644. The summed E-state index contributed by atoms with van der Waals surface area (Å²) in [6.45, 7) is 6.74. The summed E-state index contributed by atoms with van der Waals surface area (Å²) in [5, 5.41) is 19.6. The predicted molar refractivity (Wildman–Crippen MR) is 197 cm³/mol. The number of anilines is 2. The van der Waals surface area contributed by atoms with E-state index in [0.29, 0.717) is 43.3 Å². The molecule has 5 rings (SSSR count). The molecule has 0 saturated carbocycles. The van der Waals surface area contributed by atoms with Gasteiger partial charge in [-0.25, -0.2) is 0 Å². The van der Waals surface area contributed by atoms with Crippen LogP contribution in [0.4, 0.5) is 10.7 Å². The van der Waals surface area contributed by atoms with Gasteiger partial charge in [0.2, 0.25) is 5.91 Å². The van der Waals surface area contributed by atoms with Crippen LogP contribution < -0.4 is 16.0 Å². The number of nitriles is 1. The van der Waals surface area contributed by atoms with Crippen LogP contribution in [0.25, 0.3) is 6.08 Å². The van der Waals surface area contributed by atoms with Gasteiger partial charge in [0.15, 0.2) is 0 Å². The van der Waals surface area contributed by atoms with Crippen LogP contribution in [-0.4, -0.2) is 23.5 Å². The molecule has 4 aromatic rings. The summed E-state index contributed by atoms with van der Waals surface area (Å²) in [6, 6.07) is 22.9. The monoisotopic (exact) mass is 716 g/mol. The molecule has 3 N–H and O–H groups in total. The normalized spacial score (nSPS) is 14.4. The van der Waals surface area contributed by atoms with E-state index in [0.717, 1.165) is 29.7 Å². The number of halogens is 2. The van der Waals surface area contributed by atoms with Crippen LogP contribution in [0.5, 0.6) is 0 Å². The highest BCUT2D eigenvalue weighted by molar-refractivity contribution is 8.00. The van der Waals surface area contributed by atoms with E-state index in [-0.39, 0.29) is 22.8 Å². The first-order valence-corrected chi connectivity index (χ1v) is 17.9. The van der Waals surface area contributed by atoms with Gasteiger partial charge in [-0.05, 0) is 84.7 Å². The Hall–Kier alpha value is -4.07. The number of carbonyl (C=O) groups excluding carboxylic acids is 3. The number of hydrogen-bond acceptors (Lipinski definition) is 6. The van der Waals surface area contributed by atoms with Crippen LogP contribution in [0, 0.1) is 22.7 Å². The van der Waals surface area contributed by atoms with Crippen LogP contribution in [0.3, 0.4) is 0 Å². The molecular weight excluding hydrogens is 683 g/mol. The lowest BCUT2D eigenvalue weighted by Crippen LogP contribution is -2.30. The third kappa shape index (κ3) is 8.69. The number of rotatable bonds is 9. The molecule has 0 spiro atoms. The molecule has 1 heterocycles. The summed E-state index contributed by atoms with van der Waals surface area (Å²) >= 11 is 15.5. The predicted octanol–water partition coefficient (Wildman–Crippen LogP) is 9.22. The molecule has 1 unspecified atom stereocenters. The van der Waals surface area contributed by atoms with Gasteiger partial charge in [0.1, 0.15) is 16.8 Å². The van der Waals surface area contributed by atoms with Gasteiger partial charge < -0.3 is 16.0 Å². The molecule has 0 fully saturated rings. The second kappa shape index (κ2) is 15.4. The average molecular weight is 718 g/mol. The highest BCUT2D eigenvalue weighted by atomic mass is 35.5. The molecule has 0 aliphatic heterocycles. The van der Waals surface area contributed by atoms with Crippen molar-refractivity contribution in [1.29, 1.82) is 5.26 Å². The van der Waals surface area contributed by atoms with Gasteiger partial charge in [-0.1, -0.05) is 74.3 Å². The number of thioether (sulfide) groups is 1. The molecule has 3 aromatic carbocycles. The molecule has 48 heavy (non-hydrogen) atoms. The number of amides is 3. The maximum atomic E-state index is 13.5. The molecule has 1 aromatic heterocycles. The zero-order chi connectivity index (χ0) is 34.4. The minimum Gasteiger partial charge on any atom is -0.321 e. The van der Waals surface area contributed by atoms with Gasteiger partial charge in [-0.3, -0.25) is 14.4 Å². The molecule has 246 valence electrons. The summed E-state index contributed by atoms with van der Waals surface area (Å²) in [5.41, 5.74) is 2.98. The fourth-order valence-corrected chi connectivity index (χ4v) is 8.00. The van der Waals surface area contributed by atoms with E-state index < -0.39 is 11.8 Å². The highest BCUT2D eigenvalue weighted by Crippen LogP contribution is 2.44. The van der Waals surface area contributed by atoms with Crippen LogP contribution in [0.15, 0.2) is 83.4 Å². The lowest BCUT2D eigenvalue weighted by molar-refractivity contribution is -0.114. The maximum absolute atomic E-state index is 13.5. The quantitative estimate of drug-likeness (QED) is 0.118. The van der Waals surface area contributed by atoms with E-state index >= 15 is 0 Å². The minimum atomic E-state index is -0.588. The van der Waals surface area contributed by atoms with Crippen molar-refractivity contribution in [3.63, 3.8) is 0 Å². The Bertz CT molecular complexity index is 1910. The summed E-state index contributed by atoms with van der Waals surface area (Å²) in [7, 11) is 0. The molecule has 1 aliphatic carbocycles. The molecule has 0 saturated heterocycles. The number of benzene rings is 3. The van der Waals surface area contributed by atoms with Crippen LogP contribution in [-0.2, 0) is 22.4 Å². The molecule has 0 bridgehead atoms. The van der Waals surface area contributed by atoms with Gasteiger partial charge in [0.05, 0.1) is 11.3 Å². The van der Waals surface area contributed by atoms with E-state index in [2.05, 4.69) is 42.8 Å². The number of nitrogens with zero attached hydrogens (tertiary/aromatic N) is 1. The SMILES string of the molecule is CC(C)(C)C1CCc2c(sc(NC(=O)CSc3cccc(NC(=O)/C(=C\c4c(Cl)cccc4Cl)NC(=O)c4ccccc4)c3)c2C#N)C1. The number of nitrogens with one attached hydrogen (secondary N) is 3. The van der Waals surface area contributed by atoms with Gasteiger partial charge in [-0.2, -0.15) is 5.26 Å². The molecular formula is C37H34Cl2N4O3S2. The number of carbonyl (C=O) groups is 3. The Balaban J connectivity index is 1.27. The minimum absolute atomic E-state index is 0.0583. The van der Waals surface area contributed by atoms with Gasteiger partial charge in [0.25, 0.3) is 11.8 Å². The van der Waals surface area contributed by atoms with Crippen molar-refractivity contribution in [2.75, 3.05) is 16.4 Å². The Morgan fingerprint density at radius 3 is 2.40 bits per heavy atom. The molecule has 1 atom stereocenters. The smallest absolute Gasteiger partial charge is 0.272 e. The second-order valence-electron chi connectivity index (χ2n) is 12.5. The zero-order valence-corrected chi connectivity index (χ0v) is 29.8. The fourth-order valence-electron chi connectivity index (χ4n) is 5.44. The van der Waals surface area contributed by atoms with Crippen molar-refractivity contribution in [2.24, 2.45) is 11.3 Å². The van der Waals surface area contributed by atoms with Gasteiger partial charge in [-0.15, -0.1) is 23.1 Å². The van der Waals surface area contributed by atoms with Crippen LogP contribution in [0.1, 0.15) is 59.1 Å². The lowest BCUT2D eigenvalue weighted by Gasteiger charge is -2.33. The summed E-state index contributed by atoms with van der Waals surface area (Å²) < 4.78 is 0. The van der Waals surface area contributed by atoms with Crippen molar-refractivity contribution < 1.29 is 14.4 Å². The third-order valence-corrected chi connectivity index (χ3v) is 11.0. The van der Waals surface area contributed by atoms with Crippen LogP contribution >= 0.6 is 46.3 Å². The Labute approximate surface area is 298 Å².